The number of piperidine rings is 1. The highest BCUT2D eigenvalue weighted by atomic mass is 19.1. The first-order valence-corrected chi connectivity index (χ1v) is 9.64. The summed E-state index contributed by atoms with van der Waals surface area (Å²) >= 11 is 0. The number of hydrogen-bond donors (Lipinski definition) is 1. The average molecular weight is 361 g/mol. The quantitative estimate of drug-likeness (QED) is 0.733. The molecule has 0 aliphatic carbocycles. The molecule has 1 heterocycles. The lowest BCUT2D eigenvalue weighted by molar-refractivity contribution is 0.0186. The zero-order chi connectivity index (χ0) is 19.7. The van der Waals surface area contributed by atoms with Crippen molar-refractivity contribution in [2.24, 2.45) is 5.41 Å². The number of rotatable bonds is 5. The summed E-state index contributed by atoms with van der Waals surface area (Å²) in [6.07, 6.45) is 2.85. The van der Waals surface area contributed by atoms with Crippen molar-refractivity contribution < 1.29 is 9.50 Å². The molecule has 2 rings (SSSR count). The van der Waals surface area contributed by atoms with Crippen molar-refractivity contribution in [3.8, 4) is 11.8 Å². The van der Waals surface area contributed by atoms with Gasteiger partial charge in [-0.2, -0.15) is 5.26 Å². The average Bonchev–Trinajstić information content (AvgIpc) is 2.63. The Balaban J connectivity index is 0.00000163. The number of alkyl halides is 1. The molecule has 0 radical (unpaired) electrons. The fourth-order valence-electron chi connectivity index (χ4n) is 3.39. The first-order valence-electron chi connectivity index (χ1n) is 9.64. The van der Waals surface area contributed by atoms with Gasteiger partial charge in [-0.25, -0.2) is 4.39 Å². The van der Waals surface area contributed by atoms with E-state index in [1.165, 1.54) is 0 Å². The van der Waals surface area contributed by atoms with Crippen molar-refractivity contribution >= 4 is 5.57 Å². The van der Waals surface area contributed by atoms with E-state index in [0.717, 1.165) is 29.7 Å². The number of halogens is 1. The van der Waals surface area contributed by atoms with Crippen LogP contribution in [0.1, 0.15) is 65.0 Å². The Morgan fingerprint density at radius 3 is 2.65 bits per heavy atom. The van der Waals surface area contributed by atoms with Crippen LogP contribution in [0.25, 0.3) is 5.57 Å². The van der Waals surface area contributed by atoms with E-state index >= 15 is 0 Å². The van der Waals surface area contributed by atoms with E-state index in [2.05, 4.69) is 17.9 Å². The first kappa shape index (κ1) is 22.2. The lowest BCUT2D eigenvalue weighted by Crippen LogP contribution is -2.47. The normalized spacial score (nSPS) is 23.7. The van der Waals surface area contributed by atoms with Gasteiger partial charge in [0.25, 0.3) is 0 Å². The zero-order valence-electron chi connectivity index (χ0n) is 16.8. The van der Waals surface area contributed by atoms with Crippen LogP contribution in [0.3, 0.4) is 0 Å². The standard InChI is InChI=1S/C20H27FN2O.C2H6/c1-4-16(5-2)17-7-6-15(12-18(17)24)13-23-11-9-20(3,8-10-22)19(21)14-23;1-2/h4,6-7,12,19,24H,5,8-9,11,13-14H2,1-3H3;1-2H3/b16-4+;. The van der Waals surface area contributed by atoms with Crippen LogP contribution in [0.4, 0.5) is 4.39 Å². The number of likely N-dealkylation sites (tertiary alicyclic amines) is 1. The minimum Gasteiger partial charge on any atom is -0.507 e. The van der Waals surface area contributed by atoms with Crippen LogP contribution in [-0.2, 0) is 6.54 Å². The third-order valence-electron chi connectivity index (χ3n) is 5.20. The van der Waals surface area contributed by atoms with Crippen molar-refractivity contribution in [1.29, 1.82) is 5.26 Å². The molecule has 1 aromatic rings. The van der Waals surface area contributed by atoms with Gasteiger partial charge in [0.1, 0.15) is 11.9 Å². The maximum absolute atomic E-state index is 14.5. The Labute approximate surface area is 158 Å². The number of phenols is 1. The summed E-state index contributed by atoms with van der Waals surface area (Å²) < 4.78 is 14.5. The van der Waals surface area contributed by atoms with Crippen LogP contribution in [0.2, 0.25) is 0 Å². The molecule has 0 spiro atoms. The Hall–Kier alpha value is -1.86. The molecule has 1 aromatic carbocycles. The van der Waals surface area contributed by atoms with E-state index in [1.54, 1.807) is 6.07 Å². The van der Waals surface area contributed by atoms with Crippen molar-refractivity contribution in [3.63, 3.8) is 0 Å². The molecule has 2 atom stereocenters. The van der Waals surface area contributed by atoms with Crippen molar-refractivity contribution in [2.45, 2.75) is 66.6 Å². The topological polar surface area (TPSA) is 47.3 Å². The predicted octanol–water partition coefficient (Wildman–Crippen LogP) is 5.70. The monoisotopic (exact) mass is 360 g/mol. The third-order valence-corrected chi connectivity index (χ3v) is 5.20. The molecule has 144 valence electrons. The van der Waals surface area contributed by atoms with E-state index in [1.807, 2.05) is 45.9 Å². The van der Waals surface area contributed by atoms with Gasteiger partial charge < -0.3 is 5.11 Å². The van der Waals surface area contributed by atoms with Crippen molar-refractivity contribution in [2.75, 3.05) is 13.1 Å². The Kier molecular flexibility index (Phi) is 8.81. The maximum atomic E-state index is 14.5. The third kappa shape index (κ3) is 5.32. The highest BCUT2D eigenvalue weighted by molar-refractivity contribution is 5.70. The van der Waals surface area contributed by atoms with Gasteiger partial charge in [-0.3, -0.25) is 4.90 Å². The number of nitriles is 1. The van der Waals surface area contributed by atoms with Gasteiger partial charge in [-0.15, -0.1) is 0 Å². The molecule has 0 aromatic heterocycles. The molecule has 4 heteroatoms. The second kappa shape index (κ2) is 10.3. The second-order valence-corrected chi connectivity index (χ2v) is 6.96. The summed E-state index contributed by atoms with van der Waals surface area (Å²) in [5, 5.41) is 19.2. The zero-order valence-corrected chi connectivity index (χ0v) is 16.8. The van der Waals surface area contributed by atoms with Crippen molar-refractivity contribution in [3.05, 3.63) is 35.4 Å². The lowest BCUT2D eigenvalue weighted by Gasteiger charge is -2.41. The number of phenolic OH excluding ortho intramolecular Hbond substituents is 1. The lowest BCUT2D eigenvalue weighted by atomic mass is 9.76. The van der Waals surface area contributed by atoms with Crippen LogP contribution in [0.15, 0.2) is 24.3 Å². The molecule has 26 heavy (non-hydrogen) atoms. The fourth-order valence-corrected chi connectivity index (χ4v) is 3.39. The molecule has 1 fully saturated rings. The van der Waals surface area contributed by atoms with Gasteiger partial charge in [-0.05, 0) is 43.5 Å². The Morgan fingerprint density at radius 2 is 2.15 bits per heavy atom. The minimum atomic E-state index is -0.992. The Morgan fingerprint density at radius 1 is 1.46 bits per heavy atom. The number of benzene rings is 1. The van der Waals surface area contributed by atoms with E-state index in [4.69, 9.17) is 5.26 Å². The summed E-state index contributed by atoms with van der Waals surface area (Å²) in [4.78, 5) is 2.06. The van der Waals surface area contributed by atoms with Crippen LogP contribution in [0.5, 0.6) is 5.75 Å². The van der Waals surface area contributed by atoms with Crippen LogP contribution < -0.4 is 0 Å². The van der Waals surface area contributed by atoms with Gasteiger partial charge in [0.05, 0.1) is 6.07 Å². The molecule has 1 saturated heterocycles. The largest absolute Gasteiger partial charge is 0.507 e. The summed E-state index contributed by atoms with van der Waals surface area (Å²) in [7, 11) is 0. The molecule has 2 unspecified atom stereocenters. The summed E-state index contributed by atoms with van der Waals surface area (Å²) in [5.74, 6) is 0.283. The van der Waals surface area contributed by atoms with E-state index < -0.39 is 11.6 Å². The second-order valence-electron chi connectivity index (χ2n) is 6.96. The fraction of sp³-hybridized carbons (Fsp3) is 0.591. The van der Waals surface area contributed by atoms with Gasteiger partial charge in [0.15, 0.2) is 0 Å². The molecule has 0 bridgehead atoms. The van der Waals surface area contributed by atoms with Crippen molar-refractivity contribution in [1.82, 2.24) is 4.90 Å². The Bertz CT molecular complexity index is 650. The molecular formula is C22H33FN2O. The van der Waals surface area contributed by atoms with Crippen LogP contribution >= 0.6 is 0 Å². The molecule has 3 nitrogen and oxygen atoms in total. The highest BCUT2D eigenvalue weighted by Gasteiger charge is 2.39. The van der Waals surface area contributed by atoms with E-state index in [9.17, 15) is 9.50 Å². The van der Waals surface area contributed by atoms with Gasteiger partial charge >= 0.3 is 0 Å². The summed E-state index contributed by atoms with van der Waals surface area (Å²) in [6, 6.07) is 7.84. The number of allylic oxidation sites excluding steroid dienone is 2. The SMILES string of the molecule is C/C=C(\CC)c1ccc(CN2CCC(C)(CC#N)C(F)C2)cc1O.CC. The van der Waals surface area contributed by atoms with Crippen LogP contribution in [0, 0.1) is 16.7 Å². The van der Waals surface area contributed by atoms with E-state index in [0.29, 0.717) is 19.5 Å². The molecular weight excluding hydrogens is 327 g/mol. The smallest absolute Gasteiger partial charge is 0.123 e. The molecule has 0 amide bonds. The van der Waals surface area contributed by atoms with Gasteiger partial charge in [-0.1, -0.05) is 45.9 Å². The van der Waals surface area contributed by atoms with Gasteiger partial charge in [0.2, 0.25) is 0 Å². The van der Waals surface area contributed by atoms with Crippen LogP contribution in [-0.4, -0.2) is 29.3 Å². The number of nitrogens with zero attached hydrogens (tertiary/aromatic N) is 2. The number of hydrogen-bond acceptors (Lipinski definition) is 3. The molecule has 1 aliphatic heterocycles. The molecule has 1 aliphatic rings. The highest BCUT2D eigenvalue weighted by Crippen LogP contribution is 2.37. The first-order chi connectivity index (χ1) is 12.4. The molecule has 0 saturated carbocycles. The molecule has 1 N–H and O–H groups in total. The summed E-state index contributed by atoms with van der Waals surface area (Å²) in [6.45, 7) is 11.6. The van der Waals surface area contributed by atoms with E-state index in [-0.39, 0.29) is 12.2 Å². The summed E-state index contributed by atoms with van der Waals surface area (Å²) in [5.41, 5.74) is 2.44. The number of aromatic hydroxyl groups is 1. The predicted molar refractivity (Wildman–Crippen MR) is 107 cm³/mol. The van der Waals surface area contributed by atoms with Gasteiger partial charge in [0, 0.05) is 30.5 Å². The maximum Gasteiger partial charge on any atom is 0.123 e. The minimum absolute atomic E-state index is 0.265.